The van der Waals surface area contributed by atoms with Crippen LogP contribution in [0.25, 0.3) is 0 Å². The highest BCUT2D eigenvalue weighted by Crippen LogP contribution is 2.23. The van der Waals surface area contributed by atoms with Crippen molar-refractivity contribution in [3.8, 4) is 6.07 Å². The number of aromatic nitrogens is 2. The van der Waals surface area contributed by atoms with Gasteiger partial charge in [0, 0.05) is 25.7 Å². The van der Waals surface area contributed by atoms with Crippen molar-refractivity contribution in [2.45, 2.75) is 32.2 Å². The Bertz CT molecular complexity index is 730. The number of carbonyl (C=O) groups is 1. The zero-order chi connectivity index (χ0) is 17.6. The number of nitriles is 1. The van der Waals surface area contributed by atoms with Gasteiger partial charge in [0.2, 0.25) is 0 Å². The van der Waals surface area contributed by atoms with Gasteiger partial charge in [-0.2, -0.15) is 5.26 Å². The van der Waals surface area contributed by atoms with E-state index in [-0.39, 0.29) is 11.9 Å². The maximum Gasteiger partial charge on any atom is 0.264 e. The van der Waals surface area contributed by atoms with Gasteiger partial charge in [0.25, 0.3) is 5.91 Å². The van der Waals surface area contributed by atoms with Crippen LogP contribution in [0, 0.1) is 11.3 Å². The number of hydrogen-bond acceptors (Lipinski definition) is 6. The molecular formula is C18H21N5OS. The summed E-state index contributed by atoms with van der Waals surface area (Å²) >= 11 is 1.50. The first-order valence-corrected chi connectivity index (χ1v) is 9.44. The van der Waals surface area contributed by atoms with Gasteiger partial charge in [-0.25, -0.2) is 0 Å². The zero-order valence-corrected chi connectivity index (χ0v) is 15.1. The van der Waals surface area contributed by atoms with Gasteiger partial charge in [-0.1, -0.05) is 13.0 Å². The Morgan fingerprint density at radius 1 is 1.36 bits per heavy atom. The highest BCUT2D eigenvalue weighted by molar-refractivity contribution is 7.12. The average Bonchev–Trinajstić information content (AvgIpc) is 3.21. The minimum atomic E-state index is 0.147. The summed E-state index contributed by atoms with van der Waals surface area (Å²) in [6, 6.07) is 9.60. The van der Waals surface area contributed by atoms with Crippen LogP contribution in [-0.2, 0) is 0 Å². The van der Waals surface area contributed by atoms with Gasteiger partial charge in [-0.05, 0) is 42.8 Å². The first-order chi connectivity index (χ1) is 12.2. The standard InChI is InChI=1S/C18H21N5OS/c1-2-9-23(18(24)16-4-3-12-25-16)15-7-10-22(11-8-15)17-6-5-14(13-19)20-21-17/h3-6,12,15H,2,7-11H2,1H3. The summed E-state index contributed by atoms with van der Waals surface area (Å²) < 4.78 is 0. The molecule has 130 valence electrons. The van der Waals surface area contributed by atoms with Crippen molar-refractivity contribution in [2.24, 2.45) is 0 Å². The van der Waals surface area contributed by atoms with Gasteiger partial charge in [0.1, 0.15) is 6.07 Å². The summed E-state index contributed by atoms with van der Waals surface area (Å²) in [7, 11) is 0. The monoisotopic (exact) mass is 355 g/mol. The number of nitrogens with zero attached hydrogens (tertiary/aromatic N) is 5. The molecule has 0 unspecified atom stereocenters. The second kappa shape index (κ2) is 8.08. The largest absolute Gasteiger partial charge is 0.355 e. The van der Waals surface area contributed by atoms with Crippen LogP contribution >= 0.6 is 11.3 Å². The number of piperidine rings is 1. The molecule has 1 fully saturated rings. The van der Waals surface area contributed by atoms with Crippen LogP contribution in [0.3, 0.4) is 0 Å². The number of anilines is 1. The lowest BCUT2D eigenvalue weighted by Crippen LogP contribution is -2.47. The van der Waals surface area contributed by atoms with Crippen molar-refractivity contribution in [1.29, 1.82) is 5.26 Å². The molecule has 1 amide bonds. The minimum absolute atomic E-state index is 0.147. The highest BCUT2D eigenvalue weighted by Gasteiger charge is 2.29. The van der Waals surface area contributed by atoms with Crippen LogP contribution in [0.4, 0.5) is 5.82 Å². The fraction of sp³-hybridized carbons (Fsp3) is 0.444. The quantitative estimate of drug-likeness (QED) is 0.824. The zero-order valence-electron chi connectivity index (χ0n) is 14.3. The van der Waals surface area contributed by atoms with Crippen LogP contribution in [0.15, 0.2) is 29.6 Å². The molecule has 0 spiro atoms. The van der Waals surface area contributed by atoms with Gasteiger partial charge >= 0.3 is 0 Å². The number of rotatable bonds is 5. The summed E-state index contributed by atoms with van der Waals surface area (Å²) in [6.07, 6.45) is 2.79. The Balaban J connectivity index is 1.64. The fourth-order valence-electron chi connectivity index (χ4n) is 3.19. The van der Waals surface area contributed by atoms with E-state index >= 15 is 0 Å². The third kappa shape index (κ3) is 3.97. The van der Waals surface area contributed by atoms with Gasteiger partial charge in [0.05, 0.1) is 4.88 Å². The summed E-state index contributed by atoms with van der Waals surface area (Å²) in [5, 5.41) is 18.8. The van der Waals surface area contributed by atoms with E-state index in [9.17, 15) is 4.79 Å². The summed E-state index contributed by atoms with van der Waals surface area (Å²) in [5.41, 5.74) is 0.328. The van der Waals surface area contributed by atoms with Gasteiger partial charge < -0.3 is 9.80 Å². The lowest BCUT2D eigenvalue weighted by Gasteiger charge is -2.38. The molecule has 3 heterocycles. The fourth-order valence-corrected chi connectivity index (χ4v) is 3.87. The SMILES string of the molecule is CCCN(C(=O)c1cccs1)C1CCN(c2ccc(C#N)nn2)CC1. The Morgan fingerprint density at radius 3 is 2.72 bits per heavy atom. The molecule has 0 saturated carbocycles. The topological polar surface area (TPSA) is 73.1 Å². The van der Waals surface area contributed by atoms with Gasteiger partial charge in [-0.3, -0.25) is 4.79 Å². The number of carbonyl (C=O) groups excluding carboxylic acids is 1. The molecule has 25 heavy (non-hydrogen) atoms. The maximum atomic E-state index is 12.8. The number of thiophene rings is 1. The van der Waals surface area contributed by atoms with Crippen molar-refractivity contribution in [1.82, 2.24) is 15.1 Å². The molecule has 0 bridgehead atoms. The predicted molar refractivity (Wildman–Crippen MR) is 97.6 cm³/mol. The molecule has 1 aliphatic heterocycles. The second-order valence-electron chi connectivity index (χ2n) is 6.08. The lowest BCUT2D eigenvalue weighted by atomic mass is 10.0. The number of amides is 1. The van der Waals surface area contributed by atoms with E-state index in [1.165, 1.54) is 11.3 Å². The van der Waals surface area contributed by atoms with Gasteiger partial charge in [-0.15, -0.1) is 21.5 Å². The summed E-state index contributed by atoms with van der Waals surface area (Å²) in [6.45, 7) is 4.57. The minimum Gasteiger partial charge on any atom is -0.355 e. The average molecular weight is 355 g/mol. The Morgan fingerprint density at radius 2 is 2.16 bits per heavy atom. The molecule has 0 aliphatic carbocycles. The molecule has 7 heteroatoms. The first kappa shape index (κ1) is 17.4. The Kier molecular flexibility index (Phi) is 5.61. The molecule has 2 aromatic rings. The molecule has 6 nitrogen and oxygen atoms in total. The molecule has 1 aliphatic rings. The van der Waals surface area contributed by atoms with Crippen LogP contribution in [0.1, 0.15) is 41.6 Å². The smallest absolute Gasteiger partial charge is 0.264 e. The first-order valence-electron chi connectivity index (χ1n) is 8.56. The van der Waals surface area contributed by atoms with Crippen molar-refractivity contribution >= 4 is 23.1 Å². The molecular weight excluding hydrogens is 334 g/mol. The van der Waals surface area contributed by atoms with E-state index in [0.717, 1.165) is 49.6 Å². The van der Waals surface area contributed by atoms with Crippen molar-refractivity contribution < 1.29 is 4.79 Å². The highest BCUT2D eigenvalue weighted by atomic mass is 32.1. The Labute approximate surface area is 151 Å². The van der Waals surface area contributed by atoms with E-state index < -0.39 is 0 Å². The molecule has 0 atom stereocenters. The normalized spacial score (nSPS) is 15.0. The van der Waals surface area contributed by atoms with E-state index in [4.69, 9.17) is 5.26 Å². The van der Waals surface area contributed by atoms with E-state index in [0.29, 0.717) is 5.69 Å². The molecule has 0 N–H and O–H groups in total. The van der Waals surface area contributed by atoms with Crippen LogP contribution < -0.4 is 4.90 Å². The third-order valence-electron chi connectivity index (χ3n) is 4.45. The van der Waals surface area contributed by atoms with Crippen molar-refractivity contribution in [2.75, 3.05) is 24.5 Å². The predicted octanol–water partition coefficient (Wildman–Crippen LogP) is 2.93. The maximum absolute atomic E-state index is 12.8. The molecule has 0 radical (unpaired) electrons. The molecule has 3 rings (SSSR count). The van der Waals surface area contributed by atoms with Crippen molar-refractivity contribution in [3.05, 3.63) is 40.2 Å². The van der Waals surface area contributed by atoms with E-state index in [1.54, 1.807) is 6.07 Å². The van der Waals surface area contributed by atoms with Crippen molar-refractivity contribution in [3.63, 3.8) is 0 Å². The summed E-state index contributed by atoms with van der Waals surface area (Å²) in [4.78, 5) is 17.8. The lowest BCUT2D eigenvalue weighted by molar-refractivity contribution is 0.0655. The van der Waals surface area contributed by atoms with Crippen LogP contribution in [-0.4, -0.2) is 46.7 Å². The second-order valence-corrected chi connectivity index (χ2v) is 7.03. The molecule has 2 aromatic heterocycles. The van der Waals surface area contributed by atoms with E-state index in [2.05, 4.69) is 22.0 Å². The molecule has 1 saturated heterocycles. The Hall–Kier alpha value is -2.46. The summed E-state index contributed by atoms with van der Waals surface area (Å²) in [5.74, 6) is 0.942. The number of hydrogen-bond donors (Lipinski definition) is 0. The van der Waals surface area contributed by atoms with Gasteiger partial charge in [0.15, 0.2) is 11.5 Å². The van der Waals surface area contributed by atoms with Crippen LogP contribution in [0.5, 0.6) is 0 Å². The molecule has 0 aromatic carbocycles. The third-order valence-corrected chi connectivity index (χ3v) is 5.31. The van der Waals surface area contributed by atoms with Crippen LogP contribution in [0.2, 0.25) is 0 Å². The van der Waals surface area contributed by atoms with E-state index in [1.807, 2.05) is 34.5 Å².